The third-order valence-electron chi connectivity index (χ3n) is 3.05. The lowest BCUT2D eigenvalue weighted by Crippen LogP contribution is -2.13. The van der Waals surface area contributed by atoms with Crippen molar-refractivity contribution in [1.29, 1.82) is 0 Å². The van der Waals surface area contributed by atoms with Crippen LogP contribution in [0, 0.1) is 6.92 Å². The van der Waals surface area contributed by atoms with Crippen molar-refractivity contribution < 1.29 is 8.42 Å². The minimum absolute atomic E-state index is 0.239. The van der Waals surface area contributed by atoms with E-state index in [9.17, 15) is 8.42 Å². The van der Waals surface area contributed by atoms with Gasteiger partial charge in [0.1, 0.15) is 4.21 Å². The Morgan fingerprint density at radius 2 is 2.05 bits per heavy atom. The molecule has 0 spiro atoms. The summed E-state index contributed by atoms with van der Waals surface area (Å²) < 4.78 is 31.3. The average molecular weight is 359 g/mol. The predicted octanol–water partition coefficient (Wildman–Crippen LogP) is 3.55. The standard InChI is InChI=1S/C13H11ClN2O2S3/c1-8-5-6-9(14)12-11(8)16(2)13(20-12)15-21(17,18)10-4-3-7-19-10/h3-7H,1-2H3. The highest BCUT2D eigenvalue weighted by atomic mass is 35.5. The summed E-state index contributed by atoms with van der Waals surface area (Å²) in [5, 5.41) is 2.32. The van der Waals surface area contributed by atoms with E-state index < -0.39 is 10.0 Å². The maximum atomic E-state index is 12.3. The second-order valence-electron chi connectivity index (χ2n) is 4.48. The monoisotopic (exact) mass is 358 g/mol. The first-order chi connectivity index (χ1) is 9.90. The average Bonchev–Trinajstić information content (AvgIpc) is 3.04. The van der Waals surface area contributed by atoms with E-state index in [1.165, 1.54) is 11.3 Å². The fourth-order valence-electron chi connectivity index (χ4n) is 2.05. The number of thiazole rings is 1. The molecule has 0 aliphatic carbocycles. The van der Waals surface area contributed by atoms with Crippen LogP contribution < -0.4 is 4.80 Å². The fourth-order valence-corrected chi connectivity index (χ4v) is 5.62. The molecule has 2 heterocycles. The van der Waals surface area contributed by atoms with Crippen LogP contribution in [0.2, 0.25) is 5.02 Å². The predicted molar refractivity (Wildman–Crippen MR) is 87.6 cm³/mol. The van der Waals surface area contributed by atoms with E-state index in [1.807, 2.05) is 19.1 Å². The number of benzene rings is 1. The molecule has 0 atom stereocenters. The Bertz CT molecular complexity index is 983. The van der Waals surface area contributed by atoms with Crippen LogP contribution >= 0.6 is 34.3 Å². The summed E-state index contributed by atoms with van der Waals surface area (Å²) in [7, 11) is -1.88. The molecule has 0 amide bonds. The Kier molecular flexibility index (Phi) is 3.69. The summed E-state index contributed by atoms with van der Waals surface area (Å²) in [6.07, 6.45) is 0. The highest BCUT2D eigenvalue weighted by Gasteiger charge is 2.16. The molecule has 0 aliphatic heterocycles. The number of aromatic nitrogens is 1. The number of rotatable bonds is 2. The van der Waals surface area contributed by atoms with E-state index in [1.54, 1.807) is 29.1 Å². The lowest BCUT2D eigenvalue weighted by atomic mass is 10.2. The number of thiophene rings is 1. The maximum absolute atomic E-state index is 12.3. The number of aryl methyl sites for hydroxylation is 2. The Morgan fingerprint density at radius 3 is 2.67 bits per heavy atom. The molecular formula is C13H11ClN2O2S3. The van der Waals surface area contributed by atoms with Crippen molar-refractivity contribution in [3.05, 3.63) is 45.0 Å². The van der Waals surface area contributed by atoms with Gasteiger partial charge in [0.15, 0.2) is 0 Å². The van der Waals surface area contributed by atoms with Gasteiger partial charge in [0.25, 0.3) is 10.0 Å². The molecule has 4 nitrogen and oxygen atoms in total. The van der Waals surface area contributed by atoms with Crippen molar-refractivity contribution in [1.82, 2.24) is 4.57 Å². The quantitative estimate of drug-likeness (QED) is 0.703. The van der Waals surface area contributed by atoms with Crippen LogP contribution in [0.5, 0.6) is 0 Å². The van der Waals surface area contributed by atoms with Gasteiger partial charge in [0.2, 0.25) is 4.80 Å². The van der Waals surface area contributed by atoms with E-state index in [0.29, 0.717) is 9.82 Å². The second-order valence-corrected chi connectivity index (χ2v) is 8.65. The van der Waals surface area contributed by atoms with Gasteiger partial charge < -0.3 is 4.57 Å². The Morgan fingerprint density at radius 1 is 1.29 bits per heavy atom. The molecule has 0 radical (unpaired) electrons. The van der Waals surface area contributed by atoms with Gasteiger partial charge in [-0.25, -0.2) is 0 Å². The number of hydrogen-bond acceptors (Lipinski definition) is 4. The van der Waals surface area contributed by atoms with Crippen molar-refractivity contribution in [2.24, 2.45) is 11.4 Å². The van der Waals surface area contributed by atoms with Crippen molar-refractivity contribution in [2.45, 2.75) is 11.1 Å². The van der Waals surface area contributed by atoms with Crippen molar-refractivity contribution in [2.75, 3.05) is 0 Å². The number of hydrogen-bond donors (Lipinski definition) is 0. The lowest BCUT2D eigenvalue weighted by molar-refractivity contribution is 0.598. The number of sulfonamides is 1. The molecule has 110 valence electrons. The zero-order chi connectivity index (χ0) is 15.2. The van der Waals surface area contributed by atoms with Crippen LogP contribution in [-0.2, 0) is 17.1 Å². The van der Waals surface area contributed by atoms with Gasteiger partial charge in [-0.2, -0.15) is 8.42 Å². The van der Waals surface area contributed by atoms with Crippen LogP contribution in [0.1, 0.15) is 5.56 Å². The fraction of sp³-hybridized carbons (Fsp3) is 0.154. The molecule has 3 aromatic rings. The normalized spacial score (nSPS) is 13.2. The molecule has 3 rings (SSSR count). The van der Waals surface area contributed by atoms with Gasteiger partial charge in [-0.1, -0.05) is 35.1 Å². The summed E-state index contributed by atoms with van der Waals surface area (Å²) in [6.45, 7) is 1.96. The molecule has 0 saturated heterocycles. The minimum atomic E-state index is -3.68. The Hall–Kier alpha value is -1.15. The largest absolute Gasteiger partial charge is 0.319 e. The van der Waals surface area contributed by atoms with Crippen molar-refractivity contribution in [3.8, 4) is 0 Å². The topological polar surface area (TPSA) is 51.4 Å². The van der Waals surface area contributed by atoms with Gasteiger partial charge in [-0.05, 0) is 30.0 Å². The first-order valence-electron chi connectivity index (χ1n) is 5.99. The molecule has 0 unspecified atom stereocenters. The number of halogens is 1. The molecule has 0 N–H and O–H groups in total. The third kappa shape index (κ3) is 2.55. The Labute approximate surface area is 135 Å². The molecule has 0 bridgehead atoms. The molecule has 2 aromatic heterocycles. The van der Waals surface area contributed by atoms with E-state index in [4.69, 9.17) is 11.6 Å². The lowest BCUT2D eigenvalue weighted by Gasteiger charge is -2.00. The molecule has 1 aromatic carbocycles. The third-order valence-corrected chi connectivity index (χ3v) is 7.40. The van der Waals surface area contributed by atoms with Gasteiger partial charge in [-0.3, -0.25) is 0 Å². The van der Waals surface area contributed by atoms with Gasteiger partial charge >= 0.3 is 0 Å². The van der Waals surface area contributed by atoms with Crippen LogP contribution in [0.3, 0.4) is 0 Å². The van der Waals surface area contributed by atoms with Crippen LogP contribution in [-0.4, -0.2) is 13.0 Å². The summed E-state index contributed by atoms with van der Waals surface area (Å²) in [5.74, 6) is 0. The van der Waals surface area contributed by atoms with Gasteiger partial charge in [-0.15, -0.1) is 15.7 Å². The van der Waals surface area contributed by atoms with Gasteiger partial charge in [0, 0.05) is 7.05 Å². The van der Waals surface area contributed by atoms with Crippen molar-refractivity contribution in [3.63, 3.8) is 0 Å². The molecule has 0 fully saturated rings. The molecule has 8 heteroatoms. The zero-order valence-electron chi connectivity index (χ0n) is 11.2. The first-order valence-corrected chi connectivity index (χ1v) is 9.51. The van der Waals surface area contributed by atoms with Crippen molar-refractivity contribution >= 4 is 54.5 Å². The highest BCUT2D eigenvalue weighted by Crippen LogP contribution is 2.28. The van der Waals surface area contributed by atoms with E-state index in [2.05, 4.69) is 4.40 Å². The SMILES string of the molecule is Cc1ccc(Cl)c2sc(=NS(=O)(=O)c3cccs3)n(C)c12. The molecular weight excluding hydrogens is 348 g/mol. The van der Waals surface area contributed by atoms with Crippen LogP contribution in [0.15, 0.2) is 38.3 Å². The summed E-state index contributed by atoms with van der Waals surface area (Å²) in [6, 6.07) is 6.97. The van der Waals surface area contributed by atoms with E-state index in [0.717, 1.165) is 27.1 Å². The Balaban J connectivity index is 2.32. The summed E-state index contributed by atoms with van der Waals surface area (Å²) in [5.41, 5.74) is 1.94. The zero-order valence-corrected chi connectivity index (χ0v) is 14.4. The maximum Gasteiger partial charge on any atom is 0.294 e. The first kappa shape index (κ1) is 14.8. The van der Waals surface area contributed by atoms with E-state index in [-0.39, 0.29) is 4.21 Å². The smallest absolute Gasteiger partial charge is 0.294 e. The second kappa shape index (κ2) is 5.24. The number of nitrogens with zero attached hydrogens (tertiary/aromatic N) is 2. The van der Waals surface area contributed by atoms with Gasteiger partial charge in [0.05, 0.1) is 15.2 Å². The molecule has 0 saturated carbocycles. The van der Waals surface area contributed by atoms with E-state index >= 15 is 0 Å². The highest BCUT2D eigenvalue weighted by molar-refractivity contribution is 7.92. The molecule has 21 heavy (non-hydrogen) atoms. The summed E-state index contributed by atoms with van der Waals surface area (Å²) in [4.78, 5) is 0.412. The molecule has 0 aliphatic rings. The van der Waals surface area contributed by atoms with Crippen LogP contribution in [0.25, 0.3) is 10.2 Å². The van der Waals surface area contributed by atoms with Crippen LogP contribution in [0.4, 0.5) is 0 Å². The summed E-state index contributed by atoms with van der Waals surface area (Å²) >= 11 is 8.63. The number of fused-ring (bicyclic) bond motifs is 1. The minimum Gasteiger partial charge on any atom is -0.319 e.